The first kappa shape index (κ1) is 15.8. The summed E-state index contributed by atoms with van der Waals surface area (Å²) in [5.41, 5.74) is 2.79. The molecule has 0 unspecified atom stereocenters. The quantitative estimate of drug-likeness (QED) is 0.888. The Hall–Kier alpha value is -2.56. The Balaban J connectivity index is 1.96. The number of aromatic nitrogens is 1. The van der Waals surface area contributed by atoms with Crippen molar-refractivity contribution in [3.63, 3.8) is 0 Å². The lowest BCUT2D eigenvalue weighted by Crippen LogP contribution is -2.28. The van der Waals surface area contributed by atoms with E-state index in [1.165, 1.54) is 0 Å². The first-order chi connectivity index (χ1) is 10.6. The van der Waals surface area contributed by atoms with Crippen molar-refractivity contribution in [2.75, 3.05) is 5.32 Å². The fraction of sp³-hybridized carbons (Fsp3) is 0.294. The number of anilines is 1. The van der Waals surface area contributed by atoms with Gasteiger partial charge in [-0.1, -0.05) is 24.3 Å². The van der Waals surface area contributed by atoms with E-state index in [4.69, 9.17) is 4.74 Å². The van der Waals surface area contributed by atoms with Crippen molar-refractivity contribution in [2.45, 2.75) is 33.4 Å². The van der Waals surface area contributed by atoms with E-state index in [0.29, 0.717) is 18.1 Å². The van der Waals surface area contributed by atoms with Gasteiger partial charge in [0.05, 0.1) is 6.10 Å². The van der Waals surface area contributed by atoms with Crippen molar-refractivity contribution in [3.05, 3.63) is 53.7 Å². The smallest absolute Gasteiger partial charge is 0.319 e. The average Bonchev–Trinajstić information content (AvgIpc) is 2.48. The molecule has 0 fully saturated rings. The van der Waals surface area contributed by atoms with Crippen LogP contribution in [0, 0.1) is 6.92 Å². The van der Waals surface area contributed by atoms with E-state index >= 15 is 0 Å². The molecule has 0 spiro atoms. The number of pyridine rings is 1. The summed E-state index contributed by atoms with van der Waals surface area (Å²) in [4.78, 5) is 16.2. The molecule has 2 amide bonds. The van der Waals surface area contributed by atoms with Gasteiger partial charge in [-0.25, -0.2) is 9.78 Å². The van der Waals surface area contributed by atoms with Gasteiger partial charge < -0.3 is 15.4 Å². The van der Waals surface area contributed by atoms with E-state index in [-0.39, 0.29) is 12.1 Å². The number of hydrogen-bond acceptors (Lipinski definition) is 3. The summed E-state index contributed by atoms with van der Waals surface area (Å²) in [5.74, 6) is 0.420. The first-order valence-corrected chi connectivity index (χ1v) is 7.27. The molecule has 0 saturated heterocycles. The Kier molecular flexibility index (Phi) is 5.36. The van der Waals surface area contributed by atoms with Crippen LogP contribution in [0.15, 0.2) is 42.6 Å². The number of ether oxygens (including phenoxy) is 1. The molecule has 2 N–H and O–H groups in total. The van der Waals surface area contributed by atoms with Gasteiger partial charge in [0.1, 0.15) is 5.69 Å². The molecule has 5 nitrogen and oxygen atoms in total. The summed E-state index contributed by atoms with van der Waals surface area (Å²) in [6.07, 6.45) is 1.62. The fourth-order valence-electron chi connectivity index (χ4n) is 1.95. The second-order valence-corrected chi connectivity index (χ2v) is 5.26. The Morgan fingerprint density at radius 3 is 2.73 bits per heavy atom. The summed E-state index contributed by atoms with van der Waals surface area (Å²) < 4.78 is 5.57. The van der Waals surface area contributed by atoms with Crippen LogP contribution in [0.1, 0.15) is 25.0 Å². The number of amides is 2. The highest BCUT2D eigenvalue weighted by Crippen LogP contribution is 2.21. The molecule has 0 bridgehead atoms. The van der Waals surface area contributed by atoms with Crippen molar-refractivity contribution in [1.29, 1.82) is 0 Å². The van der Waals surface area contributed by atoms with Crippen LogP contribution in [-0.2, 0) is 6.54 Å². The zero-order valence-electron chi connectivity index (χ0n) is 13.1. The largest absolute Gasteiger partial charge is 0.473 e. The van der Waals surface area contributed by atoms with Gasteiger partial charge in [0.25, 0.3) is 0 Å². The van der Waals surface area contributed by atoms with Gasteiger partial charge in [-0.2, -0.15) is 0 Å². The lowest BCUT2D eigenvalue weighted by molar-refractivity contribution is 0.233. The lowest BCUT2D eigenvalue weighted by Gasteiger charge is -2.14. The number of carbonyl (C=O) groups excluding carboxylic acids is 1. The number of aryl methyl sites for hydroxylation is 1. The summed E-state index contributed by atoms with van der Waals surface area (Å²) in [6.45, 7) is 6.32. The topological polar surface area (TPSA) is 63.2 Å². The Labute approximate surface area is 130 Å². The number of nitrogens with zero attached hydrogens (tertiary/aromatic N) is 1. The maximum atomic E-state index is 12.0. The fourth-order valence-corrected chi connectivity index (χ4v) is 1.95. The summed E-state index contributed by atoms with van der Waals surface area (Å²) in [5, 5.41) is 5.60. The zero-order chi connectivity index (χ0) is 15.9. The monoisotopic (exact) mass is 299 g/mol. The minimum absolute atomic E-state index is 0.00882. The summed E-state index contributed by atoms with van der Waals surface area (Å²) >= 11 is 0. The van der Waals surface area contributed by atoms with E-state index in [0.717, 1.165) is 11.1 Å². The van der Waals surface area contributed by atoms with E-state index < -0.39 is 0 Å². The van der Waals surface area contributed by atoms with Gasteiger partial charge in [0, 0.05) is 12.7 Å². The van der Waals surface area contributed by atoms with Crippen LogP contribution in [0.5, 0.6) is 5.88 Å². The number of benzene rings is 1. The molecule has 2 rings (SSSR count). The Morgan fingerprint density at radius 1 is 1.23 bits per heavy atom. The second kappa shape index (κ2) is 7.45. The van der Waals surface area contributed by atoms with Crippen LogP contribution in [0.25, 0.3) is 0 Å². The zero-order valence-corrected chi connectivity index (χ0v) is 13.1. The van der Waals surface area contributed by atoms with Crippen molar-refractivity contribution < 1.29 is 9.53 Å². The molecule has 0 aliphatic heterocycles. The highest BCUT2D eigenvalue weighted by molar-refractivity contribution is 5.90. The van der Waals surface area contributed by atoms with E-state index in [9.17, 15) is 4.79 Å². The van der Waals surface area contributed by atoms with Gasteiger partial charge >= 0.3 is 6.03 Å². The molecule has 0 aliphatic rings. The molecule has 0 atom stereocenters. The Bertz CT molecular complexity index is 641. The third-order valence-electron chi connectivity index (χ3n) is 3.07. The van der Waals surface area contributed by atoms with Crippen LogP contribution in [0.4, 0.5) is 10.5 Å². The van der Waals surface area contributed by atoms with E-state index in [1.54, 1.807) is 18.3 Å². The van der Waals surface area contributed by atoms with Crippen LogP contribution in [0.3, 0.4) is 0 Å². The molecule has 0 radical (unpaired) electrons. The molecule has 5 heteroatoms. The van der Waals surface area contributed by atoms with Gasteiger partial charge in [-0.15, -0.1) is 0 Å². The van der Waals surface area contributed by atoms with Crippen molar-refractivity contribution in [3.8, 4) is 5.88 Å². The van der Waals surface area contributed by atoms with Crippen molar-refractivity contribution in [1.82, 2.24) is 10.3 Å². The molecule has 0 saturated carbocycles. The van der Waals surface area contributed by atoms with Crippen LogP contribution in [-0.4, -0.2) is 17.1 Å². The molecule has 116 valence electrons. The third-order valence-corrected chi connectivity index (χ3v) is 3.07. The number of nitrogens with one attached hydrogen (secondary N) is 2. The minimum atomic E-state index is -0.287. The molecular weight excluding hydrogens is 278 g/mol. The van der Waals surface area contributed by atoms with Crippen LogP contribution < -0.4 is 15.4 Å². The second-order valence-electron chi connectivity index (χ2n) is 5.26. The molecule has 2 aromatic rings. The van der Waals surface area contributed by atoms with Gasteiger partial charge in [0.15, 0.2) is 0 Å². The van der Waals surface area contributed by atoms with Crippen molar-refractivity contribution in [2.24, 2.45) is 0 Å². The predicted molar refractivity (Wildman–Crippen MR) is 87.0 cm³/mol. The maximum Gasteiger partial charge on any atom is 0.319 e. The number of carbonyl (C=O) groups is 1. The molecular formula is C17H21N3O2. The van der Waals surface area contributed by atoms with Crippen LogP contribution >= 0.6 is 0 Å². The molecule has 1 aromatic carbocycles. The maximum absolute atomic E-state index is 12.0. The predicted octanol–water partition coefficient (Wildman–Crippen LogP) is 3.50. The molecule has 1 aromatic heterocycles. The van der Waals surface area contributed by atoms with E-state index in [2.05, 4.69) is 15.6 Å². The minimum Gasteiger partial charge on any atom is -0.473 e. The van der Waals surface area contributed by atoms with Crippen LogP contribution in [0.2, 0.25) is 0 Å². The molecule has 0 aliphatic carbocycles. The van der Waals surface area contributed by atoms with Gasteiger partial charge in [-0.3, -0.25) is 0 Å². The SMILES string of the molecule is Cc1ccccc1CNC(=O)Nc1cccnc1OC(C)C. The van der Waals surface area contributed by atoms with E-state index in [1.807, 2.05) is 45.0 Å². The Morgan fingerprint density at radius 2 is 2.00 bits per heavy atom. The van der Waals surface area contributed by atoms with Gasteiger partial charge in [0.2, 0.25) is 5.88 Å². The summed E-state index contributed by atoms with van der Waals surface area (Å²) in [7, 11) is 0. The van der Waals surface area contributed by atoms with Crippen molar-refractivity contribution >= 4 is 11.7 Å². The highest BCUT2D eigenvalue weighted by Gasteiger charge is 2.10. The summed E-state index contributed by atoms with van der Waals surface area (Å²) in [6, 6.07) is 11.2. The number of rotatable bonds is 5. The standard InChI is InChI=1S/C17H21N3O2/c1-12(2)22-16-15(9-6-10-18-16)20-17(21)19-11-14-8-5-4-7-13(14)3/h4-10,12H,11H2,1-3H3,(H2,19,20,21). The van der Waals surface area contributed by atoms with Gasteiger partial charge in [-0.05, 0) is 44.0 Å². The average molecular weight is 299 g/mol. The third kappa shape index (κ3) is 4.48. The normalized spacial score (nSPS) is 10.4. The lowest BCUT2D eigenvalue weighted by atomic mass is 10.1. The first-order valence-electron chi connectivity index (χ1n) is 7.27. The number of urea groups is 1. The highest BCUT2D eigenvalue weighted by atomic mass is 16.5. The molecule has 1 heterocycles. The molecule has 22 heavy (non-hydrogen) atoms. The number of hydrogen-bond donors (Lipinski definition) is 2.